The molecule has 1 atom stereocenters. The van der Waals surface area contributed by atoms with Gasteiger partial charge < -0.3 is 9.80 Å². The number of fused-ring (bicyclic) bond motifs is 10. The van der Waals surface area contributed by atoms with Crippen LogP contribution in [0.4, 0.5) is 34.1 Å². The zero-order valence-electron chi connectivity index (χ0n) is 31.3. The summed E-state index contributed by atoms with van der Waals surface area (Å²) in [5, 5.41) is 0. The lowest BCUT2D eigenvalue weighted by molar-refractivity contribution is 0.793. The van der Waals surface area contributed by atoms with E-state index in [0.717, 1.165) is 34.1 Å². The topological polar surface area (TPSA) is 6.48 Å². The molecule has 0 heterocycles. The van der Waals surface area contributed by atoms with Crippen molar-refractivity contribution >= 4 is 34.1 Å². The van der Waals surface area contributed by atoms with Crippen molar-refractivity contribution in [3.8, 4) is 33.4 Å². The van der Waals surface area contributed by atoms with Crippen LogP contribution in [0.3, 0.4) is 0 Å². The average Bonchev–Trinajstić information content (AvgIpc) is 3.75. The lowest BCUT2D eigenvalue weighted by Crippen LogP contribution is -2.26. The van der Waals surface area contributed by atoms with E-state index < -0.39 is 5.41 Å². The Morgan fingerprint density at radius 3 is 1.25 bits per heavy atom. The van der Waals surface area contributed by atoms with Crippen molar-refractivity contribution in [3.05, 3.63) is 253 Å². The van der Waals surface area contributed by atoms with Crippen LogP contribution in [0.2, 0.25) is 0 Å². The highest BCUT2D eigenvalue weighted by Gasteiger charge is 2.52. The molecule has 2 heteroatoms. The summed E-state index contributed by atoms with van der Waals surface area (Å²) in [7, 11) is 0. The van der Waals surface area contributed by atoms with Crippen LogP contribution in [-0.2, 0) is 5.41 Å². The molecule has 57 heavy (non-hydrogen) atoms. The summed E-state index contributed by atoms with van der Waals surface area (Å²) in [6.45, 7) is 0. The Morgan fingerprint density at radius 2 is 0.632 bits per heavy atom. The first-order valence-electron chi connectivity index (χ1n) is 19.7. The van der Waals surface area contributed by atoms with Gasteiger partial charge in [0.15, 0.2) is 0 Å². The van der Waals surface area contributed by atoms with Gasteiger partial charge in [0.25, 0.3) is 0 Å². The number of anilines is 6. The molecule has 268 valence electrons. The minimum atomic E-state index is -0.490. The van der Waals surface area contributed by atoms with Gasteiger partial charge in [-0.25, -0.2) is 0 Å². The smallest absolute Gasteiger partial charge is 0.0726 e. The molecule has 0 bridgehead atoms. The molecule has 1 unspecified atom stereocenters. The second-order valence-electron chi connectivity index (χ2n) is 14.9. The Bertz CT molecular complexity index is 2860. The van der Waals surface area contributed by atoms with E-state index in [1.165, 1.54) is 55.6 Å². The average molecular weight is 727 g/mol. The Kier molecular flexibility index (Phi) is 7.75. The predicted molar refractivity (Wildman–Crippen MR) is 238 cm³/mol. The molecule has 0 radical (unpaired) electrons. The van der Waals surface area contributed by atoms with Gasteiger partial charge in [0.1, 0.15) is 0 Å². The molecule has 9 aromatic rings. The fourth-order valence-electron chi connectivity index (χ4n) is 9.48. The van der Waals surface area contributed by atoms with Crippen molar-refractivity contribution in [2.24, 2.45) is 0 Å². The van der Waals surface area contributed by atoms with Gasteiger partial charge in [-0.15, -0.1) is 0 Å². The highest BCUT2D eigenvalue weighted by atomic mass is 15.1. The van der Waals surface area contributed by atoms with Crippen molar-refractivity contribution in [3.63, 3.8) is 0 Å². The third-order valence-electron chi connectivity index (χ3n) is 11.8. The monoisotopic (exact) mass is 726 g/mol. The molecule has 0 fully saturated rings. The van der Waals surface area contributed by atoms with Gasteiger partial charge in [-0.1, -0.05) is 158 Å². The fourth-order valence-corrected chi connectivity index (χ4v) is 9.48. The summed E-state index contributed by atoms with van der Waals surface area (Å²) in [4.78, 5) is 4.77. The molecular weight excluding hydrogens is 689 g/mol. The Morgan fingerprint density at radius 1 is 0.228 bits per heavy atom. The van der Waals surface area contributed by atoms with Crippen LogP contribution in [0.5, 0.6) is 0 Å². The van der Waals surface area contributed by atoms with Crippen LogP contribution in [0.25, 0.3) is 33.4 Å². The van der Waals surface area contributed by atoms with Gasteiger partial charge in [0.2, 0.25) is 0 Å². The Hall–Kier alpha value is -7.42. The number of para-hydroxylation sites is 3. The van der Waals surface area contributed by atoms with Gasteiger partial charge in [-0.2, -0.15) is 0 Å². The molecule has 0 amide bonds. The van der Waals surface area contributed by atoms with E-state index in [-0.39, 0.29) is 0 Å². The van der Waals surface area contributed by atoms with Gasteiger partial charge >= 0.3 is 0 Å². The number of hydrogen-bond donors (Lipinski definition) is 0. The number of rotatable bonds is 7. The molecular formula is C55H38N2. The standard InChI is InChI=1S/C55H38N2/c1-5-18-39(19-6-1)40-20-17-27-44(36-40)57(43-25-11-4-12-26-43)45-33-35-53-50(37-45)48-29-14-16-31-52(48)55(53)51-30-15-13-28-47(51)49-34-32-46(38-54(49)55)56(41-21-7-2-8-22-41)42-23-9-3-10-24-42/h1-38H. The summed E-state index contributed by atoms with van der Waals surface area (Å²) in [5.74, 6) is 0. The normalized spacial score (nSPS) is 14.4. The van der Waals surface area contributed by atoms with Crippen molar-refractivity contribution in [2.45, 2.75) is 5.41 Å². The maximum Gasteiger partial charge on any atom is 0.0726 e. The summed E-state index contributed by atoms with van der Waals surface area (Å²) >= 11 is 0. The van der Waals surface area contributed by atoms with E-state index in [4.69, 9.17) is 0 Å². The predicted octanol–water partition coefficient (Wildman–Crippen LogP) is 14.6. The summed E-state index contributed by atoms with van der Waals surface area (Å²) in [6, 6.07) is 84.1. The second-order valence-corrected chi connectivity index (χ2v) is 14.9. The van der Waals surface area contributed by atoms with Crippen LogP contribution in [-0.4, -0.2) is 0 Å². The highest BCUT2D eigenvalue weighted by molar-refractivity contribution is 5.97. The van der Waals surface area contributed by atoms with Crippen molar-refractivity contribution in [1.29, 1.82) is 0 Å². The van der Waals surface area contributed by atoms with E-state index in [2.05, 4.69) is 240 Å². The minimum Gasteiger partial charge on any atom is -0.310 e. The van der Waals surface area contributed by atoms with E-state index in [1.54, 1.807) is 0 Å². The fraction of sp³-hybridized carbons (Fsp3) is 0.0182. The van der Waals surface area contributed by atoms with Crippen LogP contribution in [0.15, 0.2) is 231 Å². The van der Waals surface area contributed by atoms with E-state index in [9.17, 15) is 0 Å². The van der Waals surface area contributed by atoms with Gasteiger partial charge in [0.05, 0.1) is 5.41 Å². The lowest BCUT2D eigenvalue weighted by Gasteiger charge is -2.32. The van der Waals surface area contributed by atoms with Crippen LogP contribution >= 0.6 is 0 Å². The SMILES string of the molecule is c1ccc(-c2cccc(N(c3ccccc3)c3ccc4c(c3)-c3ccccc3C43c4ccccc4-c4ccc(N(c5ccccc5)c5ccccc5)cc43)c2)cc1. The molecule has 0 saturated heterocycles. The lowest BCUT2D eigenvalue weighted by atomic mass is 9.70. The Labute approximate surface area is 334 Å². The van der Waals surface area contributed by atoms with E-state index >= 15 is 0 Å². The van der Waals surface area contributed by atoms with Crippen LogP contribution in [0.1, 0.15) is 22.3 Å². The zero-order valence-corrected chi connectivity index (χ0v) is 31.3. The molecule has 0 aliphatic heterocycles. The third-order valence-corrected chi connectivity index (χ3v) is 11.8. The van der Waals surface area contributed by atoms with Gasteiger partial charge in [-0.05, 0) is 128 Å². The van der Waals surface area contributed by atoms with E-state index in [1.807, 2.05) is 0 Å². The van der Waals surface area contributed by atoms with Crippen molar-refractivity contribution in [1.82, 2.24) is 0 Å². The summed E-state index contributed by atoms with van der Waals surface area (Å²) < 4.78 is 0. The van der Waals surface area contributed by atoms with Crippen LogP contribution < -0.4 is 9.80 Å². The summed E-state index contributed by atoms with van der Waals surface area (Å²) in [5.41, 5.74) is 19.0. The first-order valence-corrected chi connectivity index (χ1v) is 19.7. The second kappa shape index (κ2) is 13.4. The molecule has 0 aromatic heterocycles. The largest absolute Gasteiger partial charge is 0.310 e. The molecule has 1 spiro atoms. The Balaban J connectivity index is 1.13. The summed E-state index contributed by atoms with van der Waals surface area (Å²) in [6.07, 6.45) is 0. The number of benzene rings is 9. The number of nitrogens with zero attached hydrogens (tertiary/aromatic N) is 2. The molecule has 2 aliphatic rings. The third kappa shape index (κ3) is 5.18. The van der Waals surface area contributed by atoms with Gasteiger partial charge in [-0.3, -0.25) is 0 Å². The first-order chi connectivity index (χ1) is 28.3. The molecule has 11 rings (SSSR count). The molecule has 2 nitrogen and oxygen atoms in total. The van der Waals surface area contributed by atoms with Gasteiger partial charge in [0, 0.05) is 34.1 Å². The maximum atomic E-state index is 2.46. The van der Waals surface area contributed by atoms with Crippen LogP contribution in [0, 0.1) is 0 Å². The minimum absolute atomic E-state index is 0.490. The quantitative estimate of drug-likeness (QED) is 0.161. The molecule has 0 N–H and O–H groups in total. The number of hydrogen-bond acceptors (Lipinski definition) is 2. The van der Waals surface area contributed by atoms with Crippen molar-refractivity contribution in [2.75, 3.05) is 9.80 Å². The molecule has 2 aliphatic carbocycles. The first kappa shape index (κ1) is 33.0. The maximum absolute atomic E-state index is 2.46. The van der Waals surface area contributed by atoms with Crippen molar-refractivity contribution < 1.29 is 0 Å². The molecule has 0 saturated carbocycles. The molecule has 9 aromatic carbocycles. The zero-order chi connectivity index (χ0) is 37.8. The van der Waals surface area contributed by atoms with E-state index in [0.29, 0.717) is 0 Å². The highest BCUT2D eigenvalue weighted by Crippen LogP contribution is 2.64.